The third-order valence-electron chi connectivity index (χ3n) is 5.46. The standard InChI is InChI=1S/C23H31N3O5S/c1-30-20-10-11-22(31-2)21(14-20)26(32(3,28)29)17-23(27)24-15-18-6-8-19(9-7-18)16-25-12-4-5-13-25/h6-11,14H,4-5,12-13,15-17H2,1-3H3,(H,24,27). The molecule has 1 amide bonds. The van der Waals surface area contributed by atoms with Gasteiger partial charge in [-0.2, -0.15) is 0 Å². The van der Waals surface area contributed by atoms with Crippen LogP contribution in [0.15, 0.2) is 42.5 Å². The Morgan fingerprint density at radius 2 is 1.69 bits per heavy atom. The van der Waals surface area contributed by atoms with Crippen LogP contribution < -0.4 is 19.1 Å². The van der Waals surface area contributed by atoms with Gasteiger partial charge >= 0.3 is 0 Å². The van der Waals surface area contributed by atoms with E-state index in [1.54, 1.807) is 12.1 Å². The van der Waals surface area contributed by atoms with Crippen LogP contribution in [-0.4, -0.2) is 59.3 Å². The average molecular weight is 462 g/mol. The molecule has 0 radical (unpaired) electrons. The number of sulfonamides is 1. The number of anilines is 1. The van der Waals surface area contributed by atoms with E-state index in [0.717, 1.165) is 35.8 Å². The molecule has 1 heterocycles. The highest BCUT2D eigenvalue weighted by Crippen LogP contribution is 2.33. The van der Waals surface area contributed by atoms with Crippen molar-refractivity contribution in [1.82, 2.24) is 10.2 Å². The van der Waals surface area contributed by atoms with Crippen LogP contribution in [0.25, 0.3) is 0 Å². The second-order valence-electron chi connectivity index (χ2n) is 7.88. The van der Waals surface area contributed by atoms with Crippen LogP contribution in [-0.2, 0) is 27.9 Å². The summed E-state index contributed by atoms with van der Waals surface area (Å²) in [5, 5.41) is 2.80. The highest BCUT2D eigenvalue weighted by Gasteiger charge is 2.24. The first kappa shape index (κ1) is 23.9. The predicted molar refractivity (Wildman–Crippen MR) is 125 cm³/mol. The Bertz CT molecular complexity index is 1020. The molecule has 1 aliphatic heterocycles. The zero-order valence-corrected chi connectivity index (χ0v) is 19.7. The number of hydrogen-bond acceptors (Lipinski definition) is 6. The highest BCUT2D eigenvalue weighted by atomic mass is 32.2. The fraction of sp³-hybridized carbons (Fsp3) is 0.435. The molecule has 1 aliphatic rings. The fourth-order valence-electron chi connectivity index (χ4n) is 3.72. The van der Waals surface area contributed by atoms with Crippen molar-refractivity contribution in [1.29, 1.82) is 0 Å². The lowest BCUT2D eigenvalue weighted by Gasteiger charge is -2.24. The normalized spacial score (nSPS) is 14.2. The van der Waals surface area contributed by atoms with Gasteiger partial charge in [0.15, 0.2) is 0 Å². The van der Waals surface area contributed by atoms with Gasteiger partial charge in [0, 0.05) is 19.2 Å². The Morgan fingerprint density at radius 1 is 1.03 bits per heavy atom. The van der Waals surface area contributed by atoms with E-state index in [4.69, 9.17) is 9.47 Å². The van der Waals surface area contributed by atoms with Crippen LogP contribution in [0.3, 0.4) is 0 Å². The molecule has 0 saturated carbocycles. The minimum Gasteiger partial charge on any atom is -0.497 e. The Kier molecular flexibility index (Phi) is 7.98. The van der Waals surface area contributed by atoms with Gasteiger partial charge in [-0.1, -0.05) is 24.3 Å². The number of rotatable bonds is 10. The molecule has 3 rings (SSSR count). The first-order chi connectivity index (χ1) is 15.3. The van der Waals surface area contributed by atoms with Crippen molar-refractivity contribution in [2.75, 3.05) is 44.4 Å². The van der Waals surface area contributed by atoms with Gasteiger partial charge in [-0.15, -0.1) is 0 Å². The summed E-state index contributed by atoms with van der Waals surface area (Å²) in [6.45, 7) is 3.18. The highest BCUT2D eigenvalue weighted by molar-refractivity contribution is 7.92. The summed E-state index contributed by atoms with van der Waals surface area (Å²) in [5.41, 5.74) is 2.44. The SMILES string of the molecule is COc1ccc(OC)c(N(CC(=O)NCc2ccc(CN3CCCC3)cc2)S(C)(=O)=O)c1. The van der Waals surface area contributed by atoms with Crippen LogP contribution in [0, 0.1) is 0 Å². The van der Waals surface area contributed by atoms with Crippen molar-refractivity contribution >= 4 is 21.6 Å². The van der Waals surface area contributed by atoms with Gasteiger partial charge in [-0.3, -0.25) is 14.0 Å². The number of amides is 1. The molecule has 0 unspecified atom stereocenters. The van der Waals surface area contributed by atoms with E-state index < -0.39 is 15.9 Å². The molecule has 0 bridgehead atoms. The molecule has 0 atom stereocenters. The maximum atomic E-state index is 12.6. The Hall–Kier alpha value is -2.78. The third kappa shape index (κ3) is 6.37. The number of methoxy groups -OCH3 is 2. The molecular formula is C23H31N3O5S. The number of hydrogen-bond donors (Lipinski definition) is 1. The van der Waals surface area contributed by atoms with Gasteiger partial charge in [-0.25, -0.2) is 8.42 Å². The van der Waals surface area contributed by atoms with Crippen LogP contribution in [0.1, 0.15) is 24.0 Å². The van der Waals surface area contributed by atoms with Gasteiger partial charge in [0.1, 0.15) is 18.0 Å². The van der Waals surface area contributed by atoms with Crippen molar-refractivity contribution < 1.29 is 22.7 Å². The molecule has 174 valence electrons. The molecular weight excluding hydrogens is 430 g/mol. The zero-order valence-electron chi connectivity index (χ0n) is 18.8. The summed E-state index contributed by atoms with van der Waals surface area (Å²) in [6, 6.07) is 12.9. The van der Waals surface area contributed by atoms with Crippen molar-refractivity contribution in [2.45, 2.75) is 25.9 Å². The van der Waals surface area contributed by atoms with Gasteiger partial charge in [0.25, 0.3) is 0 Å². The maximum Gasteiger partial charge on any atom is 0.241 e. The van der Waals surface area contributed by atoms with Gasteiger partial charge in [-0.05, 0) is 49.2 Å². The number of ether oxygens (including phenoxy) is 2. The minimum absolute atomic E-state index is 0.246. The number of carbonyl (C=O) groups excluding carboxylic acids is 1. The third-order valence-corrected chi connectivity index (χ3v) is 6.59. The van der Waals surface area contributed by atoms with E-state index in [1.807, 2.05) is 12.1 Å². The second-order valence-corrected chi connectivity index (χ2v) is 9.79. The van der Waals surface area contributed by atoms with Crippen molar-refractivity contribution in [3.63, 3.8) is 0 Å². The first-order valence-corrected chi connectivity index (χ1v) is 12.4. The Balaban J connectivity index is 1.64. The van der Waals surface area contributed by atoms with E-state index in [0.29, 0.717) is 18.0 Å². The summed E-state index contributed by atoms with van der Waals surface area (Å²) in [7, 11) is -0.809. The number of likely N-dealkylation sites (tertiary alicyclic amines) is 1. The lowest BCUT2D eigenvalue weighted by atomic mass is 10.1. The molecule has 2 aromatic rings. The summed E-state index contributed by atoms with van der Waals surface area (Å²) < 4.78 is 36.4. The second kappa shape index (κ2) is 10.7. The summed E-state index contributed by atoms with van der Waals surface area (Å²) in [4.78, 5) is 15.0. The largest absolute Gasteiger partial charge is 0.497 e. The smallest absolute Gasteiger partial charge is 0.241 e. The summed E-state index contributed by atoms with van der Waals surface area (Å²) >= 11 is 0. The van der Waals surface area contributed by atoms with E-state index in [9.17, 15) is 13.2 Å². The Labute approximate surface area is 190 Å². The molecule has 2 aromatic carbocycles. The van der Waals surface area contributed by atoms with Crippen LogP contribution in [0.4, 0.5) is 5.69 Å². The van der Waals surface area contributed by atoms with Crippen molar-refractivity contribution in [3.05, 3.63) is 53.6 Å². The van der Waals surface area contributed by atoms with E-state index in [1.165, 1.54) is 38.7 Å². The quantitative estimate of drug-likeness (QED) is 0.585. The molecule has 1 saturated heterocycles. The minimum atomic E-state index is -3.74. The van der Waals surface area contributed by atoms with Crippen LogP contribution >= 0.6 is 0 Å². The van der Waals surface area contributed by atoms with Gasteiger partial charge < -0.3 is 14.8 Å². The van der Waals surface area contributed by atoms with Gasteiger partial charge in [0.2, 0.25) is 15.9 Å². The molecule has 0 aromatic heterocycles. The number of nitrogens with zero attached hydrogens (tertiary/aromatic N) is 2. The predicted octanol–water partition coefficient (Wildman–Crippen LogP) is 2.38. The average Bonchev–Trinajstić information content (AvgIpc) is 3.29. The topological polar surface area (TPSA) is 88.2 Å². The van der Waals surface area contributed by atoms with E-state index >= 15 is 0 Å². The monoisotopic (exact) mass is 461 g/mol. The van der Waals surface area contributed by atoms with Crippen molar-refractivity contribution in [2.24, 2.45) is 0 Å². The molecule has 9 heteroatoms. The molecule has 0 spiro atoms. The summed E-state index contributed by atoms with van der Waals surface area (Å²) in [6.07, 6.45) is 3.57. The number of nitrogens with one attached hydrogen (secondary N) is 1. The lowest BCUT2D eigenvalue weighted by molar-refractivity contribution is -0.119. The number of carbonyl (C=O) groups is 1. The summed E-state index contributed by atoms with van der Waals surface area (Å²) in [5.74, 6) is 0.378. The molecule has 1 N–H and O–H groups in total. The van der Waals surface area contributed by atoms with Crippen LogP contribution in [0.5, 0.6) is 11.5 Å². The van der Waals surface area contributed by atoms with E-state index in [-0.39, 0.29) is 12.2 Å². The molecule has 0 aliphatic carbocycles. The van der Waals surface area contributed by atoms with E-state index in [2.05, 4.69) is 22.3 Å². The zero-order chi connectivity index (χ0) is 23.1. The Morgan fingerprint density at radius 3 is 2.28 bits per heavy atom. The maximum absolute atomic E-state index is 12.6. The number of benzene rings is 2. The van der Waals surface area contributed by atoms with Gasteiger partial charge in [0.05, 0.1) is 26.2 Å². The van der Waals surface area contributed by atoms with Crippen molar-refractivity contribution in [3.8, 4) is 11.5 Å². The fourth-order valence-corrected chi connectivity index (χ4v) is 4.57. The molecule has 32 heavy (non-hydrogen) atoms. The lowest BCUT2D eigenvalue weighted by Crippen LogP contribution is -2.40. The first-order valence-electron chi connectivity index (χ1n) is 10.6. The molecule has 8 nitrogen and oxygen atoms in total. The van der Waals surface area contributed by atoms with Crippen LogP contribution in [0.2, 0.25) is 0 Å². The molecule has 1 fully saturated rings.